The molecule has 1 unspecified atom stereocenters. The second kappa shape index (κ2) is 7.75. The fourth-order valence-electron chi connectivity index (χ4n) is 2.46. The molecule has 23 heavy (non-hydrogen) atoms. The average molecular weight is 332 g/mol. The molecule has 0 saturated carbocycles. The molecule has 2 aromatic carbocycles. The highest BCUT2D eigenvalue weighted by Gasteiger charge is 2.19. The molecule has 0 aliphatic carbocycles. The third-order valence-corrected chi connectivity index (χ3v) is 3.87. The standard InChI is InChI=1S/C18H18ClNO3/c1-21-15-5-6-16(18(10-15)23-3)13(11-20)8-12-9-14(19)4-7-17(12)22-2/h4-7,9-10,13H,8H2,1-3H3. The van der Waals surface area contributed by atoms with Crippen molar-refractivity contribution in [2.75, 3.05) is 21.3 Å². The van der Waals surface area contributed by atoms with Gasteiger partial charge in [0.25, 0.3) is 0 Å². The van der Waals surface area contributed by atoms with Crippen LogP contribution >= 0.6 is 11.6 Å². The Bertz CT molecular complexity index is 725. The molecule has 2 aromatic rings. The summed E-state index contributed by atoms with van der Waals surface area (Å²) < 4.78 is 16.0. The van der Waals surface area contributed by atoms with Gasteiger partial charge in [-0.15, -0.1) is 0 Å². The van der Waals surface area contributed by atoms with Crippen molar-refractivity contribution >= 4 is 11.6 Å². The molecule has 0 radical (unpaired) electrons. The molecular weight excluding hydrogens is 314 g/mol. The van der Waals surface area contributed by atoms with Crippen LogP contribution in [0.3, 0.4) is 0 Å². The van der Waals surface area contributed by atoms with Crippen molar-refractivity contribution in [2.45, 2.75) is 12.3 Å². The number of nitriles is 1. The third kappa shape index (κ3) is 3.88. The quantitative estimate of drug-likeness (QED) is 0.795. The van der Waals surface area contributed by atoms with Gasteiger partial charge in [0.15, 0.2) is 0 Å². The molecule has 0 heterocycles. The van der Waals surface area contributed by atoms with Crippen LogP contribution in [0.15, 0.2) is 36.4 Å². The Morgan fingerprint density at radius 1 is 1.00 bits per heavy atom. The van der Waals surface area contributed by atoms with Crippen LogP contribution in [0.4, 0.5) is 0 Å². The number of methoxy groups -OCH3 is 3. The minimum atomic E-state index is -0.386. The molecule has 0 amide bonds. The Hall–Kier alpha value is -2.38. The van der Waals surface area contributed by atoms with E-state index in [2.05, 4.69) is 6.07 Å². The highest BCUT2D eigenvalue weighted by atomic mass is 35.5. The van der Waals surface area contributed by atoms with Gasteiger partial charge in [0.05, 0.1) is 33.3 Å². The van der Waals surface area contributed by atoms with Crippen molar-refractivity contribution in [1.29, 1.82) is 5.26 Å². The lowest BCUT2D eigenvalue weighted by molar-refractivity contribution is 0.389. The van der Waals surface area contributed by atoms with E-state index in [0.29, 0.717) is 28.7 Å². The molecule has 0 N–H and O–H groups in total. The lowest BCUT2D eigenvalue weighted by atomic mass is 9.92. The Balaban J connectivity index is 2.38. The minimum absolute atomic E-state index is 0.386. The molecule has 0 spiro atoms. The molecule has 5 heteroatoms. The normalized spacial score (nSPS) is 11.4. The van der Waals surface area contributed by atoms with Crippen LogP contribution in [0, 0.1) is 11.3 Å². The van der Waals surface area contributed by atoms with Crippen molar-refractivity contribution in [2.24, 2.45) is 0 Å². The first kappa shape index (κ1) is 17.0. The van der Waals surface area contributed by atoms with Crippen LogP contribution in [-0.4, -0.2) is 21.3 Å². The molecule has 0 aliphatic rings. The van der Waals surface area contributed by atoms with E-state index in [-0.39, 0.29) is 5.92 Å². The van der Waals surface area contributed by atoms with E-state index in [1.807, 2.05) is 18.2 Å². The van der Waals surface area contributed by atoms with Gasteiger partial charge in [-0.2, -0.15) is 5.26 Å². The zero-order valence-corrected chi connectivity index (χ0v) is 14.1. The second-order valence-corrected chi connectivity index (χ2v) is 5.39. The van der Waals surface area contributed by atoms with Crippen LogP contribution in [0.25, 0.3) is 0 Å². The number of hydrogen-bond acceptors (Lipinski definition) is 4. The van der Waals surface area contributed by atoms with E-state index >= 15 is 0 Å². The van der Waals surface area contributed by atoms with Gasteiger partial charge in [-0.05, 0) is 36.2 Å². The number of hydrogen-bond donors (Lipinski definition) is 0. The van der Waals surface area contributed by atoms with Gasteiger partial charge in [0.1, 0.15) is 17.2 Å². The van der Waals surface area contributed by atoms with E-state index < -0.39 is 0 Å². The van der Waals surface area contributed by atoms with Gasteiger partial charge in [-0.25, -0.2) is 0 Å². The minimum Gasteiger partial charge on any atom is -0.497 e. The van der Waals surface area contributed by atoms with Gasteiger partial charge in [-0.3, -0.25) is 0 Å². The maximum absolute atomic E-state index is 9.61. The lowest BCUT2D eigenvalue weighted by Crippen LogP contribution is -2.05. The molecule has 120 valence electrons. The first-order chi connectivity index (χ1) is 11.1. The summed E-state index contributed by atoms with van der Waals surface area (Å²) in [6.45, 7) is 0. The number of benzene rings is 2. The van der Waals surface area contributed by atoms with Crippen LogP contribution in [0.2, 0.25) is 5.02 Å². The number of nitrogens with zero attached hydrogens (tertiary/aromatic N) is 1. The summed E-state index contributed by atoms with van der Waals surface area (Å²) in [7, 11) is 4.77. The second-order valence-electron chi connectivity index (χ2n) is 4.95. The molecular formula is C18H18ClNO3. The third-order valence-electron chi connectivity index (χ3n) is 3.64. The SMILES string of the molecule is COc1ccc(C(C#N)Cc2cc(Cl)ccc2OC)c(OC)c1. The summed E-state index contributed by atoms with van der Waals surface area (Å²) in [5, 5.41) is 10.2. The van der Waals surface area contributed by atoms with Crippen molar-refractivity contribution < 1.29 is 14.2 Å². The van der Waals surface area contributed by atoms with E-state index in [1.165, 1.54) is 0 Å². The van der Waals surface area contributed by atoms with Gasteiger partial charge in [-0.1, -0.05) is 17.7 Å². The number of halogens is 1. The average Bonchev–Trinajstić information content (AvgIpc) is 2.59. The van der Waals surface area contributed by atoms with Crippen molar-refractivity contribution in [3.8, 4) is 23.3 Å². The Labute approximate surface area is 141 Å². The highest BCUT2D eigenvalue weighted by Crippen LogP contribution is 2.34. The molecule has 0 aliphatic heterocycles. The predicted molar refractivity (Wildman–Crippen MR) is 89.6 cm³/mol. The van der Waals surface area contributed by atoms with Crippen LogP contribution in [0.5, 0.6) is 17.2 Å². The van der Waals surface area contributed by atoms with Gasteiger partial charge < -0.3 is 14.2 Å². The first-order valence-electron chi connectivity index (χ1n) is 7.06. The molecule has 4 nitrogen and oxygen atoms in total. The van der Waals surface area contributed by atoms with E-state index in [4.69, 9.17) is 25.8 Å². The molecule has 0 aromatic heterocycles. The van der Waals surface area contributed by atoms with Crippen LogP contribution in [-0.2, 0) is 6.42 Å². The maximum atomic E-state index is 9.61. The lowest BCUT2D eigenvalue weighted by Gasteiger charge is -2.16. The Morgan fingerprint density at radius 2 is 1.74 bits per heavy atom. The van der Waals surface area contributed by atoms with Gasteiger partial charge in [0.2, 0.25) is 0 Å². The zero-order chi connectivity index (χ0) is 16.8. The van der Waals surface area contributed by atoms with Crippen molar-refractivity contribution in [1.82, 2.24) is 0 Å². The van der Waals surface area contributed by atoms with E-state index in [0.717, 1.165) is 11.1 Å². The summed E-state index contributed by atoms with van der Waals surface area (Å²) in [4.78, 5) is 0. The Morgan fingerprint density at radius 3 is 2.35 bits per heavy atom. The Kier molecular flexibility index (Phi) is 5.72. The smallest absolute Gasteiger partial charge is 0.127 e. The van der Waals surface area contributed by atoms with E-state index in [1.54, 1.807) is 39.5 Å². The zero-order valence-electron chi connectivity index (χ0n) is 13.3. The summed E-state index contributed by atoms with van der Waals surface area (Å²) in [6, 6.07) is 13.2. The number of ether oxygens (including phenoxy) is 3. The summed E-state index contributed by atoms with van der Waals surface area (Å²) in [5.74, 6) is 1.63. The van der Waals surface area contributed by atoms with Gasteiger partial charge >= 0.3 is 0 Å². The van der Waals surface area contributed by atoms with Crippen molar-refractivity contribution in [3.05, 3.63) is 52.5 Å². The molecule has 2 rings (SSSR count). The summed E-state index contributed by atoms with van der Waals surface area (Å²) in [6.07, 6.45) is 0.475. The fraction of sp³-hybridized carbons (Fsp3) is 0.278. The summed E-state index contributed by atoms with van der Waals surface area (Å²) in [5.41, 5.74) is 1.68. The van der Waals surface area contributed by atoms with Crippen molar-refractivity contribution in [3.63, 3.8) is 0 Å². The number of rotatable bonds is 6. The monoisotopic (exact) mass is 331 g/mol. The van der Waals surface area contributed by atoms with Crippen LogP contribution in [0.1, 0.15) is 17.0 Å². The van der Waals surface area contributed by atoms with Crippen LogP contribution < -0.4 is 14.2 Å². The molecule has 0 saturated heterocycles. The maximum Gasteiger partial charge on any atom is 0.127 e. The first-order valence-corrected chi connectivity index (χ1v) is 7.44. The van der Waals surface area contributed by atoms with Gasteiger partial charge in [0, 0.05) is 16.7 Å². The molecule has 0 bridgehead atoms. The highest BCUT2D eigenvalue weighted by molar-refractivity contribution is 6.30. The van der Waals surface area contributed by atoms with E-state index in [9.17, 15) is 5.26 Å². The largest absolute Gasteiger partial charge is 0.497 e. The topological polar surface area (TPSA) is 51.5 Å². The summed E-state index contributed by atoms with van der Waals surface area (Å²) >= 11 is 6.06. The molecule has 1 atom stereocenters. The fourth-order valence-corrected chi connectivity index (χ4v) is 2.65. The predicted octanol–water partition coefficient (Wildman–Crippen LogP) is 4.22. The molecule has 0 fully saturated rings.